The molecule has 0 N–H and O–H groups in total. The van der Waals surface area contributed by atoms with Gasteiger partial charge in [-0.1, -0.05) is 11.6 Å². The highest BCUT2D eigenvalue weighted by Gasteiger charge is 2.31. The Morgan fingerprint density at radius 1 is 1.56 bits per heavy atom. The van der Waals surface area contributed by atoms with Gasteiger partial charge in [-0.2, -0.15) is 0 Å². The summed E-state index contributed by atoms with van der Waals surface area (Å²) in [7, 11) is 1.81. The van der Waals surface area contributed by atoms with Crippen molar-refractivity contribution in [1.82, 2.24) is 4.90 Å². The third-order valence-corrected chi connectivity index (χ3v) is 4.24. The minimum atomic E-state index is -0.0354. The number of ether oxygens (including phenoxy) is 1. The molecule has 1 amide bonds. The van der Waals surface area contributed by atoms with E-state index in [4.69, 9.17) is 16.3 Å². The Bertz CT molecular complexity index is 466. The molecule has 0 bridgehead atoms. The zero-order valence-corrected chi connectivity index (χ0v) is 12.7. The molecule has 98 valence electrons. The summed E-state index contributed by atoms with van der Waals surface area (Å²) < 4.78 is 6.25. The van der Waals surface area contributed by atoms with Gasteiger partial charge in [-0.05, 0) is 47.5 Å². The van der Waals surface area contributed by atoms with Crippen molar-refractivity contribution in [2.45, 2.75) is 25.5 Å². The molecule has 1 aliphatic rings. The van der Waals surface area contributed by atoms with Crippen LogP contribution in [0.1, 0.15) is 23.7 Å². The molecule has 2 atom stereocenters. The summed E-state index contributed by atoms with van der Waals surface area (Å²) >= 11 is 9.32. The molecule has 1 saturated heterocycles. The first kappa shape index (κ1) is 13.8. The first-order valence-corrected chi connectivity index (χ1v) is 7.01. The maximum atomic E-state index is 12.4. The second-order valence-electron chi connectivity index (χ2n) is 4.47. The molecule has 1 fully saturated rings. The van der Waals surface area contributed by atoms with Crippen LogP contribution in [0.25, 0.3) is 0 Å². The number of nitrogens with zero attached hydrogens (tertiary/aromatic N) is 1. The maximum Gasteiger partial charge on any atom is 0.255 e. The fourth-order valence-electron chi connectivity index (χ4n) is 2.23. The molecule has 1 aromatic carbocycles. The van der Waals surface area contributed by atoms with Gasteiger partial charge in [0.25, 0.3) is 5.91 Å². The molecule has 0 saturated carbocycles. The van der Waals surface area contributed by atoms with Crippen LogP contribution in [0, 0.1) is 0 Å². The fraction of sp³-hybridized carbons (Fsp3) is 0.462. The molecule has 18 heavy (non-hydrogen) atoms. The van der Waals surface area contributed by atoms with Gasteiger partial charge in [-0.15, -0.1) is 0 Å². The van der Waals surface area contributed by atoms with Crippen LogP contribution >= 0.6 is 27.5 Å². The van der Waals surface area contributed by atoms with Crippen molar-refractivity contribution in [3.63, 3.8) is 0 Å². The minimum Gasteiger partial charge on any atom is -0.376 e. The van der Waals surface area contributed by atoms with E-state index in [1.54, 1.807) is 23.1 Å². The third kappa shape index (κ3) is 2.71. The van der Waals surface area contributed by atoms with E-state index in [-0.39, 0.29) is 18.1 Å². The molecule has 0 radical (unpaired) electrons. The Kier molecular flexibility index (Phi) is 4.30. The first-order valence-electron chi connectivity index (χ1n) is 5.84. The monoisotopic (exact) mass is 331 g/mol. The van der Waals surface area contributed by atoms with Crippen molar-refractivity contribution in [3.8, 4) is 0 Å². The van der Waals surface area contributed by atoms with Crippen molar-refractivity contribution in [2.24, 2.45) is 0 Å². The molecule has 0 aromatic heterocycles. The van der Waals surface area contributed by atoms with E-state index in [0.717, 1.165) is 10.9 Å². The van der Waals surface area contributed by atoms with E-state index < -0.39 is 0 Å². The van der Waals surface area contributed by atoms with Crippen LogP contribution in [-0.4, -0.2) is 36.6 Å². The Morgan fingerprint density at radius 3 is 2.89 bits per heavy atom. The Labute approximate surface area is 120 Å². The van der Waals surface area contributed by atoms with Gasteiger partial charge in [-0.3, -0.25) is 4.79 Å². The molecule has 1 heterocycles. The van der Waals surface area contributed by atoms with Crippen LogP contribution in [0.3, 0.4) is 0 Å². The van der Waals surface area contributed by atoms with E-state index in [9.17, 15) is 4.79 Å². The lowest BCUT2D eigenvalue weighted by Gasteiger charge is -2.27. The maximum absolute atomic E-state index is 12.4. The number of halogens is 2. The van der Waals surface area contributed by atoms with Gasteiger partial charge < -0.3 is 9.64 Å². The molecule has 1 aromatic rings. The van der Waals surface area contributed by atoms with E-state index in [0.29, 0.717) is 17.2 Å². The normalized spacial score (nSPS) is 23.1. The minimum absolute atomic E-state index is 0.0354. The predicted molar refractivity (Wildman–Crippen MR) is 75.1 cm³/mol. The number of amides is 1. The van der Waals surface area contributed by atoms with Crippen LogP contribution in [0.4, 0.5) is 0 Å². The van der Waals surface area contributed by atoms with Crippen LogP contribution in [-0.2, 0) is 4.74 Å². The van der Waals surface area contributed by atoms with Crippen LogP contribution in [0.15, 0.2) is 22.7 Å². The summed E-state index contributed by atoms with van der Waals surface area (Å²) in [6.07, 6.45) is 0.957. The topological polar surface area (TPSA) is 29.5 Å². The summed E-state index contributed by atoms with van der Waals surface area (Å²) in [5.74, 6) is -0.0354. The highest BCUT2D eigenvalue weighted by Crippen LogP contribution is 2.25. The number of hydrogen-bond donors (Lipinski definition) is 0. The molecule has 2 unspecified atom stereocenters. The molecule has 5 heteroatoms. The van der Waals surface area contributed by atoms with Gasteiger partial charge in [-0.25, -0.2) is 0 Å². The average Bonchev–Trinajstić information content (AvgIpc) is 2.77. The quantitative estimate of drug-likeness (QED) is 0.831. The van der Waals surface area contributed by atoms with Gasteiger partial charge >= 0.3 is 0 Å². The summed E-state index contributed by atoms with van der Waals surface area (Å²) in [4.78, 5) is 14.2. The number of carbonyl (C=O) groups excluding carboxylic acids is 1. The number of benzene rings is 1. The predicted octanol–water partition coefficient (Wildman–Crippen LogP) is 3.35. The molecule has 0 aliphatic carbocycles. The second-order valence-corrected chi connectivity index (χ2v) is 5.76. The molecule has 1 aliphatic heterocycles. The van der Waals surface area contributed by atoms with Crippen molar-refractivity contribution in [3.05, 3.63) is 33.3 Å². The number of rotatable bonds is 2. The summed E-state index contributed by atoms with van der Waals surface area (Å²) in [5, 5.41) is 0.561. The standard InChI is InChI=1S/C13H15BrClNO2/c1-8-12(5-6-18-8)16(2)13(17)10-7-9(15)3-4-11(10)14/h3-4,7-8,12H,5-6H2,1-2H3. The highest BCUT2D eigenvalue weighted by atomic mass is 79.9. The number of carbonyl (C=O) groups is 1. The Hall–Kier alpha value is -0.580. The van der Waals surface area contributed by atoms with Crippen molar-refractivity contribution < 1.29 is 9.53 Å². The second kappa shape index (κ2) is 5.59. The molecule has 3 nitrogen and oxygen atoms in total. The van der Waals surface area contributed by atoms with Crippen LogP contribution in [0.2, 0.25) is 5.02 Å². The van der Waals surface area contributed by atoms with Gasteiger partial charge in [0.2, 0.25) is 0 Å². The average molecular weight is 333 g/mol. The third-order valence-electron chi connectivity index (χ3n) is 3.31. The molecular formula is C13H15BrClNO2. The van der Waals surface area contributed by atoms with E-state index >= 15 is 0 Å². The van der Waals surface area contributed by atoms with Gasteiger partial charge in [0.1, 0.15) is 0 Å². The molecule has 2 rings (SSSR count). The lowest BCUT2D eigenvalue weighted by atomic mass is 10.1. The number of hydrogen-bond acceptors (Lipinski definition) is 2. The molecular weight excluding hydrogens is 318 g/mol. The highest BCUT2D eigenvalue weighted by molar-refractivity contribution is 9.10. The van der Waals surface area contributed by atoms with Crippen molar-refractivity contribution in [1.29, 1.82) is 0 Å². The SMILES string of the molecule is CC1OCCC1N(C)C(=O)c1cc(Cl)ccc1Br. The van der Waals surface area contributed by atoms with Gasteiger partial charge in [0.05, 0.1) is 17.7 Å². The van der Waals surface area contributed by atoms with Crippen molar-refractivity contribution >= 4 is 33.4 Å². The van der Waals surface area contributed by atoms with Crippen LogP contribution in [0.5, 0.6) is 0 Å². The van der Waals surface area contributed by atoms with E-state index in [2.05, 4.69) is 15.9 Å². The Morgan fingerprint density at radius 2 is 2.28 bits per heavy atom. The summed E-state index contributed by atoms with van der Waals surface area (Å²) in [6.45, 7) is 2.70. The lowest BCUT2D eigenvalue weighted by molar-refractivity contribution is 0.0574. The largest absolute Gasteiger partial charge is 0.376 e. The van der Waals surface area contributed by atoms with Gasteiger partial charge in [0.15, 0.2) is 0 Å². The first-order chi connectivity index (χ1) is 8.50. The zero-order chi connectivity index (χ0) is 13.3. The van der Waals surface area contributed by atoms with E-state index in [1.165, 1.54) is 0 Å². The van der Waals surface area contributed by atoms with E-state index in [1.807, 2.05) is 14.0 Å². The Balaban J connectivity index is 2.22. The number of likely N-dealkylation sites (N-methyl/N-ethyl adjacent to an activating group) is 1. The lowest BCUT2D eigenvalue weighted by Crippen LogP contribution is -2.41. The fourth-order valence-corrected chi connectivity index (χ4v) is 2.82. The van der Waals surface area contributed by atoms with Crippen molar-refractivity contribution in [2.75, 3.05) is 13.7 Å². The summed E-state index contributed by atoms with van der Waals surface area (Å²) in [6, 6.07) is 5.36. The zero-order valence-electron chi connectivity index (χ0n) is 10.3. The smallest absolute Gasteiger partial charge is 0.255 e. The summed E-state index contributed by atoms with van der Waals surface area (Å²) in [5.41, 5.74) is 0.587. The van der Waals surface area contributed by atoms with Crippen LogP contribution < -0.4 is 0 Å². The van der Waals surface area contributed by atoms with Gasteiger partial charge in [0, 0.05) is 23.1 Å². The molecule has 0 spiro atoms.